The topological polar surface area (TPSA) is 695 Å². The van der Waals surface area contributed by atoms with Gasteiger partial charge in [-0.3, -0.25) is 39.5 Å². The highest BCUT2D eigenvalue weighted by atomic mass is 79.9. The first-order chi connectivity index (χ1) is 67.4. The molecule has 34 N–H and O–H groups in total. The van der Waals surface area contributed by atoms with Crippen LogP contribution in [0.1, 0.15) is 144 Å². The van der Waals surface area contributed by atoms with Crippen molar-refractivity contribution in [1.82, 2.24) is 0 Å². The maximum absolute atomic E-state index is 10.7. The molecule has 0 aromatic heterocycles. The maximum Gasteiger partial charge on any atom is 0.335 e. The van der Waals surface area contributed by atoms with Crippen molar-refractivity contribution in [2.75, 3.05) is 38.7 Å². The van der Waals surface area contributed by atoms with Crippen LogP contribution in [-0.4, -0.2) is 63.6 Å². The van der Waals surface area contributed by atoms with Gasteiger partial charge in [0.25, 0.3) is 5.69 Å². The standard InChI is InChI=1S/C9H9N3.C9H12N2O.C9H11NO.C9H11N.C8H11BrN2.C8H11N3.C8H10N2O.C8H9NO.C8H11N.C7H7BrN2O2.C7H8BrN.C7H10N2O2S.C7H9N.HNO.O2S/c1-6-5-7(9(10)11)3-4-8(6)12-2;1-7-4-8(5-10)2-3-9(7)11-6-12;1-6-3-4-8(9(10)11)5-7(6)2;1-7-4-3-5-9(6-7)8(2)10;1-5-2-6(11)3-8(9)7(5)4-10;2*1-6-3-2-4-7(5-6)8(9)11-10;1-6-3-2-4-7(5-6)8(9)10;1-7-3-2-4-8(5-7)6-9;1-4-2-5(9)3-6(8)7(4)10(11)12;1-5-2-6(8)4-7(9)3-5;1-5-4-6(8)2-3-7(5)9-12(10)11;1-6-3-2-4-7(8)5-6;1-2;1-3-2/h3-5H,1H3,(H3,10,11);2-4,6H,5,10H2,1H3,(H,11,12);3-5H,1-2H3,(H2,10,11);3-6,10H,1-2H3;2-3H,4,10-11H2,1H3;2-5H,10H2,1H3,(H2,9,11);2-5,9H,10H2,1H3;2-5H,1H3,(H2,9,10);2-5H,6,9H2,1H3;2-3H,9H2,1H3;2-4H,9H2,1H3;2-4,9H,8H2,1H3,(H,10,11);2-5H,8H2,1H3;1H;/p-1. The highest BCUT2D eigenvalue weighted by Gasteiger charge is 2.16. The number of nitro benzene ring substituents is 1. The van der Waals surface area contributed by atoms with Crippen molar-refractivity contribution in [3.05, 3.63) is 429 Å². The Labute approximate surface area is 868 Å². The molecule has 13 aromatic rings. The largest absolute Gasteiger partial charge is 0.755 e. The summed E-state index contributed by atoms with van der Waals surface area (Å²) in [4.78, 5) is 56.5. The van der Waals surface area contributed by atoms with Gasteiger partial charge in [-0.2, -0.15) is 24.3 Å². The summed E-state index contributed by atoms with van der Waals surface area (Å²) in [7, 11) is 0. The van der Waals surface area contributed by atoms with Crippen LogP contribution in [0.3, 0.4) is 0 Å². The fraction of sp³-hybridized carbons (Fsp3) is 0.173. The van der Waals surface area contributed by atoms with Crippen LogP contribution in [0.4, 0.5) is 51.2 Å². The average Bonchev–Trinajstić information content (AvgIpc) is 0.835. The Kier molecular flexibility index (Phi) is 65.3. The number of benzene rings is 13. The SMILES string of the molecule is CC(=N)c1cccc(C)c1.Cc1cc(CN)ccc1NC=O.Cc1cc(N)cc(Br)c1.Cc1cc(N)cc(Br)c1CN.Cc1cc(N)cc(Br)c1[N+](=O)[O-].Cc1cc(N)ccc1NS(=O)[O-].Cc1ccc(C(N)=O)cc1C.Cc1cccc(C(=N)ON)c1.Cc1cccc(C(N)=NN)c1.Cc1cccc(C(N)=O)c1.Cc1cccc(CN)c1.Cc1cccc(N)c1.N=O.O=S=O.[C-]#[N+]c1ccc(C(=N)N)cc1C. The number of halogens is 3. The third kappa shape index (κ3) is 55.9. The predicted octanol–water partition coefficient (Wildman–Crippen LogP) is 19.4. The number of carbonyl (C=O) groups is 3. The smallest absolute Gasteiger partial charge is 0.335 e. The average molecular weight is 2180 g/mol. The number of primary amides is 2. The zero-order valence-corrected chi connectivity index (χ0v) is 88.8. The number of nitrogens with one attached hydrogen (secondary N) is 6. The minimum absolute atomic E-state index is 0.00583. The van der Waals surface area contributed by atoms with E-state index in [0.29, 0.717) is 92.6 Å². The summed E-state index contributed by atoms with van der Waals surface area (Å²) in [6, 6.07) is 80.3. The normalized spacial score (nSPS) is 9.68. The number of aryl methyl sites for hydroxylation is 14. The number of nitrogens with two attached hydrogens (primary N) is 14. The van der Waals surface area contributed by atoms with E-state index in [-0.39, 0.29) is 29.2 Å². The van der Waals surface area contributed by atoms with Gasteiger partial charge >= 0.3 is 11.6 Å². The Balaban J connectivity index is 0. The Morgan fingerprint density at radius 3 is 1.25 bits per heavy atom. The van der Waals surface area contributed by atoms with Gasteiger partial charge in [0.05, 0.1) is 16.0 Å². The molecule has 0 fully saturated rings. The lowest BCUT2D eigenvalue weighted by atomic mass is 10.1. The van der Waals surface area contributed by atoms with E-state index in [0.717, 1.165) is 98.5 Å². The molecule has 0 aliphatic rings. The molecule has 0 spiro atoms. The molecular weight excluding hydrogens is 2050 g/mol. The van der Waals surface area contributed by atoms with Gasteiger partial charge in [0.2, 0.25) is 24.1 Å². The number of hydrogen-bond donors (Lipinski definition) is 20. The van der Waals surface area contributed by atoms with Crippen LogP contribution >= 0.6 is 47.8 Å². The van der Waals surface area contributed by atoms with Gasteiger partial charge in [-0.25, -0.2) is 4.85 Å². The highest BCUT2D eigenvalue weighted by Crippen LogP contribution is 2.31. The molecule has 0 radical (unpaired) electrons. The Bertz CT molecular complexity index is 6280. The Hall–Kier alpha value is -15.4. The van der Waals surface area contributed by atoms with Crippen LogP contribution in [0.25, 0.3) is 4.85 Å². The second-order valence-electron chi connectivity index (χ2n) is 30.8. The number of nitrogens with zero attached hydrogens (tertiary/aromatic N) is 3. The van der Waals surface area contributed by atoms with Crippen LogP contribution < -0.4 is 90.6 Å². The Morgan fingerprint density at radius 1 is 0.462 bits per heavy atom. The molecule has 0 saturated carbocycles. The van der Waals surface area contributed by atoms with Crippen LogP contribution in [0, 0.1) is 140 Å². The van der Waals surface area contributed by atoms with Gasteiger partial charge < -0.3 is 99.5 Å². The summed E-state index contributed by atoms with van der Waals surface area (Å²) in [5, 5.41) is 38.2. The molecule has 1 atom stereocenters. The quantitative estimate of drug-likeness (QED) is 0.00459. The fourth-order valence-corrected chi connectivity index (χ4v) is 14.0. The first kappa shape index (κ1) is 130. The van der Waals surface area contributed by atoms with Crippen LogP contribution in [0.5, 0.6) is 0 Å². The van der Waals surface area contributed by atoms with Crippen molar-refractivity contribution in [2.24, 2.45) is 57.0 Å². The van der Waals surface area contributed by atoms with E-state index in [1.54, 1.807) is 93.6 Å². The van der Waals surface area contributed by atoms with Gasteiger partial charge in [0, 0.05) is 119 Å². The summed E-state index contributed by atoms with van der Waals surface area (Å²) in [5.41, 5.74) is 98.3. The summed E-state index contributed by atoms with van der Waals surface area (Å²) in [5.74, 6) is 9.51. The molecule has 0 aliphatic carbocycles. The minimum atomic E-state index is -2.27. The zero-order valence-electron chi connectivity index (χ0n) is 82.4. The molecule has 3 amide bonds. The van der Waals surface area contributed by atoms with Crippen LogP contribution in [-0.2, 0) is 52.1 Å². The van der Waals surface area contributed by atoms with Crippen LogP contribution in [0.2, 0.25) is 0 Å². The minimum Gasteiger partial charge on any atom is -0.755 e. The molecule has 0 heterocycles. The molecule has 143 heavy (non-hydrogen) atoms. The van der Waals surface area contributed by atoms with Crippen molar-refractivity contribution in [2.45, 2.75) is 123 Å². The molecule has 13 aromatic carbocycles. The molecule has 0 saturated heterocycles. The van der Waals surface area contributed by atoms with Gasteiger partial charge in [-0.15, -0.1) is 0 Å². The maximum atomic E-state index is 10.7. The number of rotatable bonds is 14. The van der Waals surface area contributed by atoms with E-state index in [1.165, 1.54) is 39.4 Å². The molecule has 39 heteroatoms. The fourth-order valence-electron chi connectivity index (χ4n) is 11.5. The summed E-state index contributed by atoms with van der Waals surface area (Å²) < 4.78 is 41.8. The van der Waals surface area contributed by atoms with Crippen molar-refractivity contribution >= 4 is 163 Å². The number of nitroso groups, excluding NO2 is 1. The van der Waals surface area contributed by atoms with Crippen molar-refractivity contribution in [1.29, 1.82) is 21.8 Å². The highest BCUT2D eigenvalue weighted by molar-refractivity contribution is 9.11. The first-order valence-corrected chi connectivity index (χ1v) is 46.7. The van der Waals surface area contributed by atoms with Gasteiger partial charge in [-0.1, -0.05) is 205 Å². The molecule has 0 aliphatic heterocycles. The number of nitrogen functional groups attached to an aromatic ring is 6. The lowest BCUT2D eigenvalue weighted by Crippen LogP contribution is -2.15. The lowest BCUT2D eigenvalue weighted by Gasteiger charge is -2.11. The second kappa shape index (κ2) is 72.0. The van der Waals surface area contributed by atoms with Gasteiger partial charge in [0.1, 0.15) is 11.7 Å². The third-order valence-corrected chi connectivity index (χ3v) is 20.9. The molecule has 760 valence electrons. The van der Waals surface area contributed by atoms with Crippen molar-refractivity contribution in [3.8, 4) is 0 Å². The van der Waals surface area contributed by atoms with Crippen LogP contribution in [0.15, 0.2) is 279 Å². The first-order valence-electron chi connectivity index (χ1n) is 42.6. The lowest BCUT2D eigenvalue weighted by molar-refractivity contribution is -0.386. The molecule has 13 rings (SSSR count). The monoisotopic (exact) mass is 2180 g/mol. The number of carbonyl (C=O) groups excluding carboxylic acids is 3. The van der Waals surface area contributed by atoms with E-state index in [9.17, 15) is 33.3 Å². The van der Waals surface area contributed by atoms with E-state index in [4.69, 9.17) is 117 Å². The van der Waals surface area contributed by atoms with Gasteiger partial charge in [0.15, 0.2) is 5.69 Å². The summed E-state index contributed by atoms with van der Waals surface area (Å²) >= 11 is 6.78. The molecular formula is C104H129Br3N23O11S2-. The Morgan fingerprint density at radius 2 is 0.874 bits per heavy atom. The number of hydrazone groups is 1. The van der Waals surface area contributed by atoms with E-state index in [2.05, 4.69) is 97.3 Å². The summed E-state index contributed by atoms with van der Waals surface area (Å²) in [6.45, 7) is 37.5. The van der Waals surface area contributed by atoms with E-state index < -0.39 is 27.8 Å². The summed E-state index contributed by atoms with van der Waals surface area (Å²) in [6.07, 6.45) is 0.671. The van der Waals surface area contributed by atoms with Gasteiger partial charge in [-0.05, 0) is 308 Å². The third-order valence-electron chi connectivity index (χ3n) is 18.7. The molecule has 34 nitrogen and oxygen atoms in total. The number of amidine groups is 2. The zero-order chi connectivity index (χ0) is 109. The number of nitro groups is 1. The predicted molar refractivity (Wildman–Crippen MR) is 597 cm³/mol. The van der Waals surface area contributed by atoms with Crippen molar-refractivity contribution < 1.29 is 41.3 Å². The van der Waals surface area contributed by atoms with Crippen molar-refractivity contribution in [3.63, 3.8) is 0 Å². The number of hydrogen-bond acceptors (Lipinski definition) is 26. The molecule has 1 unspecified atom stereocenters. The molecule has 0 bridgehead atoms. The number of anilines is 7. The number of amides is 3. The van der Waals surface area contributed by atoms with E-state index in [1.807, 2.05) is 246 Å². The van der Waals surface area contributed by atoms with E-state index >= 15 is 0 Å². The second-order valence-corrected chi connectivity index (χ2v) is 34.2.